The number of aromatic nitrogens is 2. The number of aliphatic hydroxyl groups is 2. The van der Waals surface area contributed by atoms with Gasteiger partial charge in [0, 0.05) is 40.4 Å². The van der Waals surface area contributed by atoms with Crippen LogP contribution in [-0.2, 0) is 0 Å². The van der Waals surface area contributed by atoms with Crippen molar-refractivity contribution in [1.82, 2.24) is 9.97 Å². The molecule has 0 spiro atoms. The Hall–Kier alpha value is -4.23. The van der Waals surface area contributed by atoms with Crippen LogP contribution in [0.15, 0.2) is 72.8 Å². The van der Waals surface area contributed by atoms with Crippen LogP contribution in [0.1, 0.15) is 22.5 Å². The zero-order valence-corrected chi connectivity index (χ0v) is 17.3. The van der Waals surface area contributed by atoms with Gasteiger partial charge in [-0.3, -0.25) is 10.1 Å². The molecule has 3 aromatic carbocycles. The van der Waals surface area contributed by atoms with Crippen molar-refractivity contribution in [3.05, 3.63) is 110 Å². The van der Waals surface area contributed by atoms with Crippen LogP contribution in [0.25, 0.3) is 34.7 Å². The van der Waals surface area contributed by atoms with E-state index in [-0.39, 0.29) is 34.1 Å². The molecule has 4 rings (SSSR count). The number of nitrogens with zero attached hydrogens (tertiary/aromatic N) is 3. The van der Waals surface area contributed by atoms with Crippen molar-refractivity contribution in [2.75, 3.05) is 0 Å². The molecule has 1 aromatic heterocycles. The molecule has 0 aliphatic rings. The van der Waals surface area contributed by atoms with E-state index in [2.05, 4.69) is 9.97 Å². The maximum absolute atomic E-state index is 11.1. The highest BCUT2D eigenvalue weighted by Gasteiger charge is 2.13. The zero-order valence-electron chi connectivity index (χ0n) is 16.5. The molecule has 0 fully saturated rings. The summed E-state index contributed by atoms with van der Waals surface area (Å²) in [6.45, 7) is 0. The second-order valence-electron chi connectivity index (χ2n) is 6.86. The van der Waals surface area contributed by atoms with Crippen LogP contribution < -0.4 is 0 Å². The number of halogens is 1. The molecule has 0 amide bonds. The Morgan fingerprint density at radius 2 is 1.38 bits per heavy atom. The first-order valence-corrected chi connectivity index (χ1v) is 9.87. The van der Waals surface area contributed by atoms with Crippen LogP contribution in [0, 0.1) is 10.1 Å². The SMILES string of the molecule is O=[N+]([O-])c1ccc2nc(C=C(O)c3ccccc3)c(C=C(O)c3ccc(Cl)cc3)nc2c1. The molecular formula is C24H16ClN3O4. The van der Waals surface area contributed by atoms with Gasteiger partial charge in [0.15, 0.2) is 0 Å². The molecule has 8 heteroatoms. The van der Waals surface area contributed by atoms with Gasteiger partial charge in [-0.05, 0) is 30.3 Å². The third-order valence-corrected chi connectivity index (χ3v) is 4.92. The van der Waals surface area contributed by atoms with Crippen molar-refractivity contribution in [1.29, 1.82) is 0 Å². The molecule has 0 radical (unpaired) electrons. The van der Waals surface area contributed by atoms with E-state index in [1.807, 2.05) is 6.07 Å². The first kappa shape index (κ1) is 21.0. The summed E-state index contributed by atoms with van der Waals surface area (Å²) in [5, 5.41) is 32.9. The third-order valence-electron chi connectivity index (χ3n) is 4.67. The highest BCUT2D eigenvalue weighted by molar-refractivity contribution is 6.30. The van der Waals surface area contributed by atoms with Gasteiger partial charge >= 0.3 is 0 Å². The largest absolute Gasteiger partial charge is 0.507 e. The molecule has 0 aliphatic carbocycles. The minimum absolute atomic E-state index is 0.0400. The van der Waals surface area contributed by atoms with E-state index >= 15 is 0 Å². The lowest BCUT2D eigenvalue weighted by Gasteiger charge is -2.07. The number of hydrogen-bond acceptors (Lipinski definition) is 6. The highest BCUT2D eigenvalue weighted by atomic mass is 35.5. The lowest BCUT2D eigenvalue weighted by molar-refractivity contribution is -0.384. The van der Waals surface area contributed by atoms with Crippen LogP contribution in [-0.4, -0.2) is 25.1 Å². The summed E-state index contributed by atoms with van der Waals surface area (Å²) in [5.74, 6) is -0.142. The highest BCUT2D eigenvalue weighted by Crippen LogP contribution is 2.25. The van der Waals surface area contributed by atoms with Gasteiger partial charge in [0.1, 0.15) is 11.5 Å². The molecule has 7 nitrogen and oxygen atoms in total. The van der Waals surface area contributed by atoms with E-state index in [0.717, 1.165) is 0 Å². The van der Waals surface area contributed by atoms with Crippen LogP contribution in [0.3, 0.4) is 0 Å². The summed E-state index contributed by atoms with van der Waals surface area (Å²) in [6.07, 6.45) is 2.82. The lowest BCUT2D eigenvalue weighted by atomic mass is 10.1. The minimum Gasteiger partial charge on any atom is -0.507 e. The summed E-state index contributed by atoms with van der Waals surface area (Å²) in [5.41, 5.74) is 2.16. The molecule has 0 saturated carbocycles. The van der Waals surface area contributed by atoms with Gasteiger partial charge in [-0.1, -0.05) is 41.9 Å². The monoisotopic (exact) mass is 445 g/mol. The standard InChI is InChI=1S/C24H16ClN3O4/c25-17-8-6-16(7-9-17)24(30)14-22-21(13-23(29)15-4-2-1-3-5-15)26-19-11-10-18(28(31)32)12-20(19)27-22/h1-14,29-30H. The Balaban J connectivity index is 1.88. The van der Waals surface area contributed by atoms with Gasteiger partial charge in [0.25, 0.3) is 5.69 Å². The molecule has 0 aliphatic heterocycles. The fourth-order valence-corrected chi connectivity index (χ4v) is 3.18. The summed E-state index contributed by atoms with van der Waals surface area (Å²) >= 11 is 5.91. The molecule has 2 N–H and O–H groups in total. The second-order valence-corrected chi connectivity index (χ2v) is 7.29. The molecule has 0 atom stereocenters. The predicted octanol–water partition coefficient (Wildman–Crippen LogP) is 6.30. The summed E-state index contributed by atoms with van der Waals surface area (Å²) < 4.78 is 0. The third kappa shape index (κ3) is 4.58. The summed E-state index contributed by atoms with van der Waals surface area (Å²) in [7, 11) is 0. The average molecular weight is 446 g/mol. The molecule has 0 saturated heterocycles. The van der Waals surface area contributed by atoms with E-state index < -0.39 is 4.92 Å². The molecule has 0 unspecified atom stereocenters. The van der Waals surface area contributed by atoms with E-state index in [9.17, 15) is 20.3 Å². The number of hydrogen-bond donors (Lipinski definition) is 2. The van der Waals surface area contributed by atoms with Gasteiger partial charge in [-0.25, -0.2) is 9.97 Å². The molecule has 0 bridgehead atoms. The Morgan fingerprint density at radius 1 is 0.812 bits per heavy atom. The molecular weight excluding hydrogens is 430 g/mol. The number of rotatable bonds is 5. The van der Waals surface area contributed by atoms with Gasteiger partial charge in [-0.15, -0.1) is 0 Å². The smallest absolute Gasteiger partial charge is 0.271 e. The predicted molar refractivity (Wildman–Crippen MR) is 125 cm³/mol. The topological polar surface area (TPSA) is 109 Å². The minimum atomic E-state index is -0.517. The summed E-state index contributed by atoms with van der Waals surface area (Å²) in [4.78, 5) is 19.6. The van der Waals surface area contributed by atoms with Crippen molar-refractivity contribution >= 4 is 52.0 Å². The van der Waals surface area contributed by atoms with Crippen molar-refractivity contribution < 1.29 is 15.1 Å². The Bertz CT molecular complexity index is 1370. The lowest BCUT2D eigenvalue weighted by Crippen LogP contribution is -1.97. The molecule has 1 heterocycles. The molecule has 32 heavy (non-hydrogen) atoms. The fraction of sp³-hybridized carbons (Fsp3) is 0. The normalized spacial score (nSPS) is 12.2. The van der Waals surface area contributed by atoms with Crippen LogP contribution >= 0.6 is 11.6 Å². The fourth-order valence-electron chi connectivity index (χ4n) is 3.05. The van der Waals surface area contributed by atoms with Gasteiger partial charge in [0.05, 0.1) is 27.3 Å². The Kier molecular flexibility index (Phi) is 5.83. The van der Waals surface area contributed by atoms with Crippen molar-refractivity contribution in [2.24, 2.45) is 0 Å². The Labute approximate surface area is 187 Å². The maximum Gasteiger partial charge on any atom is 0.271 e. The van der Waals surface area contributed by atoms with E-state index in [1.165, 1.54) is 30.4 Å². The second kappa shape index (κ2) is 8.87. The van der Waals surface area contributed by atoms with Crippen LogP contribution in [0.2, 0.25) is 5.02 Å². The van der Waals surface area contributed by atoms with Crippen LogP contribution in [0.5, 0.6) is 0 Å². The number of fused-ring (bicyclic) bond motifs is 1. The Morgan fingerprint density at radius 3 is 1.97 bits per heavy atom. The van der Waals surface area contributed by atoms with Gasteiger partial charge in [-0.2, -0.15) is 0 Å². The summed E-state index contributed by atoms with van der Waals surface area (Å²) in [6, 6.07) is 19.6. The van der Waals surface area contributed by atoms with Crippen molar-refractivity contribution in [2.45, 2.75) is 0 Å². The van der Waals surface area contributed by atoms with Gasteiger partial charge < -0.3 is 10.2 Å². The van der Waals surface area contributed by atoms with Crippen molar-refractivity contribution in [3.63, 3.8) is 0 Å². The van der Waals surface area contributed by atoms with E-state index in [0.29, 0.717) is 21.7 Å². The quantitative estimate of drug-likeness (QED) is 0.212. The zero-order chi connectivity index (χ0) is 22.7. The number of benzene rings is 3. The average Bonchev–Trinajstić information content (AvgIpc) is 2.80. The maximum atomic E-state index is 11.1. The van der Waals surface area contributed by atoms with Crippen LogP contribution in [0.4, 0.5) is 5.69 Å². The number of non-ortho nitro benzene ring substituents is 1. The number of aliphatic hydroxyl groups excluding tert-OH is 2. The van der Waals surface area contributed by atoms with Crippen molar-refractivity contribution in [3.8, 4) is 0 Å². The molecule has 158 valence electrons. The number of nitro benzene ring substituents is 1. The van der Waals surface area contributed by atoms with E-state index in [4.69, 9.17) is 11.6 Å². The first-order chi connectivity index (χ1) is 15.4. The first-order valence-electron chi connectivity index (χ1n) is 9.49. The number of nitro groups is 1. The van der Waals surface area contributed by atoms with Gasteiger partial charge in [0.2, 0.25) is 0 Å². The van der Waals surface area contributed by atoms with E-state index in [1.54, 1.807) is 48.5 Å². The molecule has 4 aromatic rings.